The number of aromatic nitrogens is 2. The van der Waals surface area contributed by atoms with E-state index >= 15 is 0 Å². The molecule has 2 N–H and O–H groups in total. The molecule has 0 aliphatic heterocycles. The van der Waals surface area contributed by atoms with E-state index in [0.29, 0.717) is 5.02 Å². The lowest BCUT2D eigenvalue weighted by Gasteiger charge is -2.09. The number of anilines is 1. The molecule has 0 amide bonds. The molecule has 0 atom stereocenters. The lowest BCUT2D eigenvalue weighted by atomic mass is 10.2. The van der Waals surface area contributed by atoms with Gasteiger partial charge in [0.05, 0.1) is 16.3 Å². The third-order valence-corrected chi connectivity index (χ3v) is 2.97. The summed E-state index contributed by atoms with van der Waals surface area (Å²) in [4.78, 5) is 10.8. The highest BCUT2D eigenvalue weighted by Gasteiger charge is 2.06. The highest BCUT2D eigenvalue weighted by atomic mass is 35.5. The van der Waals surface area contributed by atoms with Gasteiger partial charge in [-0.25, -0.2) is 4.79 Å². The molecule has 19 heavy (non-hydrogen) atoms. The van der Waals surface area contributed by atoms with Gasteiger partial charge in [0.25, 0.3) is 0 Å². The van der Waals surface area contributed by atoms with Crippen molar-refractivity contribution in [1.82, 2.24) is 9.78 Å². The van der Waals surface area contributed by atoms with Crippen LogP contribution in [0.3, 0.4) is 0 Å². The van der Waals surface area contributed by atoms with Crippen LogP contribution in [0.5, 0.6) is 0 Å². The molecule has 0 unspecified atom stereocenters. The number of benzene rings is 1. The van der Waals surface area contributed by atoms with Crippen LogP contribution in [0.15, 0.2) is 36.7 Å². The highest BCUT2D eigenvalue weighted by Crippen LogP contribution is 2.22. The summed E-state index contributed by atoms with van der Waals surface area (Å²) >= 11 is 6.01. The molecule has 6 heteroatoms. The Kier molecular flexibility index (Phi) is 4.41. The third kappa shape index (κ3) is 3.72. The van der Waals surface area contributed by atoms with Crippen molar-refractivity contribution in [3.05, 3.63) is 47.2 Å². The van der Waals surface area contributed by atoms with Crippen LogP contribution in [-0.2, 0) is 6.54 Å². The quantitative estimate of drug-likeness (QED) is 0.798. The number of halogens is 1. The molecule has 1 heterocycles. The van der Waals surface area contributed by atoms with Crippen molar-refractivity contribution in [2.24, 2.45) is 0 Å². The fourth-order valence-electron chi connectivity index (χ4n) is 1.69. The predicted octanol–water partition coefficient (Wildman–Crippen LogP) is 2.74. The van der Waals surface area contributed by atoms with Gasteiger partial charge in [-0.1, -0.05) is 11.6 Å². The van der Waals surface area contributed by atoms with Crippen LogP contribution < -0.4 is 5.32 Å². The average Bonchev–Trinajstić information content (AvgIpc) is 2.89. The maximum Gasteiger partial charge on any atom is 0.335 e. The summed E-state index contributed by atoms with van der Waals surface area (Å²) in [6, 6.07) is 6.54. The van der Waals surface area contributed by atoms with Crippen LogP contribution in [0.4, 0.5) is 5.69 Å². The largest absolute Gasteiger partial charge is 0.478 e. The zero-order chi connectivity index (χ0) is 13.7. The van der Waals surface area contributed by atoms with Gasteiger partial charge >= 0.3 is 5.97 Å². The summed E-state index contributed by atoms with van der Waals surface area (Å²) in [5.74, 6) is -0.980. The molecular weight excluding hydrogens is 266 g/mol. The first-order chi connectivity index (χ1) is 9.16. The Balaban J connectivity index is 1.84. The number of hydrogen-bond acceptors (Lipinski definition) is 3. The monoisotopic (exact) mass is 279 g/mol. The van der Waals surface area contributed by atoms with Crippen molar-refractivity contribution in [3.8, 4) is 0 Å². The van der Waals surface area contributed by atoms with Crippen LogP contribution in [-0.4, -0.2) is 27.4 Å². The van der Waals surface area contributed by atoms with Gasteiger partial charge in [0.2, 0.25) is 0 Å². The van der Waals surface area contributed by atoms with Gasteiger partial charge in [-0.05, 0) is 30.7 Å². The molecule has 1 aromatic carbocycles. The minimum atomic E-state index is -0.980. The second kappa shape index (κ2) is 6.24. The SMILES string of the molecule is O=C(O)c1ccc(NCCCn2cccn2)c(Cl)c1. The minimum absolute atomic E-state index is 0.187. The second-order valence-electron chi connectivity index (χ2n) is 4.05. The molecule has 0 saturated heterocycles. The van der Waals surface area contributed by atoms with Gasteiger partial charge < -0.3 is 10.4 Å². The zero-order valence-corrected chi connectivity index (χ0v) is 11.0. The summed E-state index contributed by atoms with van der Waals surface area (Å²) < 4.78 is 1.86. The molecule has 0 aliphatic carbocycles. The van der Waals surface area contributed by atoms with Crippen LogP contribution in [0.1, 0.15) is 16.8 Å². The Morgan fingerprint density at radius 1 is 1.47 bits per heavy atom. The summed E-state index contributed by atoms with van der Waals surface area (Å²) in [7, 11) is 0. The van der Waals surface area contributed by atoms with Gasteiger partial charge in [0.1, 0.15) is 0 Å². The van der Waals surface area contributed by atoms with Crippen LogP contribution in [0, 0.1) is 0 Å². The standard InChI is InChI=1S/C13H14ClN3O2/c14-11-9-10(13(18)19)3-4-12(11)15-5-1-7-17-8-2-6-16-17/h2-4,6,8-9,15H,1,5,7H2,(H,18,19). The Morgan fingerprint density at radius 2 is 2.32 bits per heavy atom. The first-order valence-electron chi connectivity index (χ1n) is 5.91. The van der Waals surface area contributed by atoms with Crippen molar-refractivity contribution < 1.29 is 9.90 Å². The smallest absolute Gasteiger partial charge is 0.335 e. The number of carbonyl (C=O) groups is 1. The molecule has 2 aromatic rings. The van der Waals surface area contributed by atoms with E-state index in [1.54, 1.807) is 12.3 Å². The van der Waals surface area contributed by atoms with Crippen molar-refractivity contribution in [1.29, 1.82) is 0 Å². The van der Waals surface area contributed by atoms with Crippen molar-refractivity contribution >= 4 is 23.3 Å². The molecular formula is C13H14ClN3O2. The van der Waals surface area contributed by atoms with Crippen LogP contribution in [0.25, 0.3) is 0 Å². The topological polar surface area (TPSA) is 67.2 Å². The maximum absolute atomic E-state index is 10.8. The number of nitrogens with zero attached hydrogens (tertiary/aromatic N) is 2. The minimum Gasteiger partial charge on any atom is -0.478 e. The molecule has 0 spiro atoms. The third-order valence-electron chi connectivity index (χ3n) is 2.65. The Morgan fingerprint density at radius 3 is 2.95 bits per heavy atom. The van der Waals surface area contributed by atoms with E-state index < -0.39 is 5.97 Å². The molecule has 1 aromatic heterocycles. The van der Waals surface area contributed by atoms with E-state index in [9.17, 15) is 4.79 Å². The van der Waals surface area contributed by atoms with Crippen molar-refractivity contribution in [3.63, 3.8) is 0 Å². The fourth-order valence-corrected chi connectivity index (χ4v) is 1.94. The van der Waals surface area contributed by atoms with E-state index in [1.807, 2.05) is 16.9 Å². The van der Waals surface area contributed by atoms with Crippen molar-refractivity contribution in [2.45, 2.75) is 13.0 Å². The molecule has 0 bridgehead atoms. The number of nitrogens with one attached hydrogen (secondary N) is 1. The van der Waals surface area contributed by atoms with E-state index in [1.165, 1.54) is 12.1 Å². The maximum atomic E-state index is 10.8. The summed E-state index contributed by atoms with van der Waals surface area (Å²) in [6.07, 6.45) is 4.56. The number of rotatable bonds is 6. The Hall–Kier alpha value is -2.01. The van der Waals surface area contributed by atoms with E-state index in [2.05, 4.69) is 10.4 Å². The molecule has 0 saturated carbocycles. The second-order valence-corrected chi connectivity index (χ2v) is 4.46. The first-order valence-corrected chi connectivity index (χ1v) is 6.29. The number of carboxylic acid groups (broad SMARTS) is 1. The van der Waals surface area contributed by atoms with Gasteiger partial charge in [-0.15, -0.1) is 0 Å². The number of aryl methyl sites for hydroxylation is 1. The van der Waals surface area contributed by atoms with E-state index in [-0.39, 0.29) is 5.56 Å². The molecule has 100 valence electrons. The summed E-state index contributed by atoms with van der Waals surface area (Å²) in [6.45, 7) is 1.57. The number of carboxylic acids is 1. The lowest BCUT2D eigenvalue weighted by Crippen LogP contribution is -2.07. The molecule has 2 rings (SSSR count). The molecule has 5 nitrogen and oxygen atoms in total. The normalized spacial score (nSPS) is 10.4. The van der Waals surface area contributed by atoms with Crippen molar-refractivity contribution in [2.75, 3.05) is 11.9 Å². The van der Waals surface area contributed by atoms with Gasteiger partial charge in [0, 0.05) is 25.5 Å². The fraction of sp³-hybridized carbons (Fsp3) is 0.231. The zero-order valence-electron chi connectivity index (χ0n) is 10.2. The number of hydrogen-bond donors (Lipinski definition) is 2. The highest BCUT2D eigenvalue weighted by molar-refractivity contribution is 6.33. The van der Waals surface area contributed by atoms with E-state index in [0.717, 1.165) is 25.2 Å². The number of aromatic carboxylic acids is 1. The average molecular weight is 280 g/mol. The van der Waals surface area contributed by atoms with Gasteiger partial charge in [-0.2, -0.15) is 5.10 Å². The van der Waals surface area contributed by atoms with Gasteiger partial charge in [0.15, 0.2) is 0 Å². The van der Waals surface area contributed by atoms with Gasteiger partial charge in [-0.3, -0.25) is 4.68 Å². The van der Waals surface area contributed by atoms with E-state index in [4.69, 9.17) is 16.7 Å². The Labute approximate surface area is 115 Å². The van der Waals surface area contributed by atoms with Crippen LogP contribution >= 0.6 is 11.6 Å². The lowest BCUT2D eigenvalue weighted by molar-refractivity contribution is 0.0697. The Bertz CT molecular complexity index is 555. The summed E-state index contributed by atoms with van der Waals surface area (Å²) in [5, 5.41) is 16.5. The molecule has 0 radical (unpaired) electrons. The summed E-state index contributed by atoms with van der Waals surface area (Å²) in [5.41, 5.74) is 0.930. The molecule has 0 fully saturated rings. The van der Waals surface area contributed by atoms with Crippen LogP contribution in [0.2, 0.25) is 5.02 Å². The first kappa shape index (κ1) is 13.4. The predicted molar refractivity (Wildman–Crippen MR) is 73.7 cm³/mol. The molecule has 0 aliphatic rings.